The summed E-state index contributed by atoms with van der Waals surface area (Å²) in [6.45, 7) is 4.65. The summed E-state index contributed by atoms with van der Waals surface area (Å²) in [4.78, 5) is 7.08. The number of likely N-dealkylation sites (tertiary alicyclic amines) is 1. The third-order valence-electron chi connectivity index (χ3n) is 4.68. The standard InChI is InChI=1S/C16H23ClN2O3S/c1-23(20,21)15-7-14(17)8-18-16(15)13-3-2-5-19(10-13)9-12-4-6-22-11-12/h7-8,12-13H,2-6,9-11H2,1H3/t12-,13-/m0/s1. The zero-order valence-electron chi connectivity index (χ0n) is 13.4. The summed E-state index contributed by atoms with van der Waals surface area (Å²) in [5, 5.41) is 0.366. The van der Waals surface area contributed by atoms with Gasteiger partial charge in [-0.05, 0) is 37.8 Å². The van der Waals surface area contributed by atoms with Gasteiger partial charge in [-0.3, -0.25) is 4.98 Å². The Morgan fingerprint density at radius 3 is 2.96 bits per heavy atom. The van der Waals surface area contributed by atoms with Gasteiger partial charge >= 0.3 is 0 Å². The van der Waals surface area contributed by atoms with Gasteiger partial charge < -0.3 is 9.64 Å². The normalized spacial score (nSPS) is 26.5. The summed E-state index contributed by atoms with van der Waals surface area (Å²) >= 11 is 5.95. The van der Waals surface area contributed by atoms with Crippen molar-refractivity contribution in [1.29, 1.82) is 0 Å². The highest BCUT2D eigenvalue weighted by atomic mass is 35.5. The lowest BCUT2D eigenvalue weighted by Gasteiger charge is -2.34. The minimum atomic E-state index is -3.33. The number of aromatic nitrogens is 1. The first-order valence-electron chi connectivity index (χ1n) is 8.09. The quantitative estimate of drug-likeness (QED) is 0.826. The molecule has 2 fully saturated rings. The van der Waals surface area contributed by atoms with Gasteiger partial charge in [-0.25, -0.2) is 8.42 Å². The molecule has 0 unspecified atom stereocenters. The van der Waals surface area contributed by atoms with Gasteiger partial charge in [0.25, 0.3) is 0 Å². The maximum absolute atomic E-state index is 12.1. The molecule has 0 saturated carbocycles. The minimum absolute atomic E-state index is 0.146. The van der Waals surface area contributed by atoms with Crippen LogP contribution in [0.1, 0.15) is 30.9 Å². The Morgan fingerprint density at radius 1 is 1.43 bits per heavy atom. The summed E-state index contributed by atoms with van der Waals surface area (Å²) in [6.07, 6.45) is 5.92. The first-order valence-corrected chi connectivity index (χ1v) is 10.4. The van der Waals surface area contributed by atoms with E-state index in [9.17, 15) is 8.42 Å². The Bertz CT molecular complexity index is 659. The number of pyridine rings is 1. The van der Waals surface area contributed by atoms with E-state index in [-0.39, 0.29) is 10.8 Å². The van der Waals surface area contributed by atoms with Gasteiger partial charge in [0.15, 0.2) is 9.84 Å². The first kappa shape index (κ1) is 17.1. The van der Waals surface area contributed by atoms with Crippen LogP contribution in [0.3, 0.4) is 0 Å². The van der Waals surface area contributed by atoms with Crippen molar-refractivity contribution < 1.29 is 13.2 Å². The van der Waals surface area contributed by atoms with E-state index >= 15 is 0 Å². The average molecular weight is 359 g/mol. The van der Waals surface area contributed by atoms with Crippen LogP contribution >= 0.6 is 11.6 Å². The summed E-state index contributed by atoms with van der Waals surface area (Å²) in [7, 11) is -3.33. The topological polar surface area (TPSA) is 59.5 Å². The largest absolute Gasteiger partial charge is 0.381 e. The van der Waals surface area contributed by atoms with Crippen molar-refractivity contribution in [2.45, 2.75) is 30.1 Å². The maximum atomic E-state index is 12.1. The van der Waals surface area contributed by atoms with E-state index in [0.29, 0.717) is 16.6 Å². The van der Waals surface area contributed by atoms with Crippen molar-refractivity contribution in [1.82, 2.24) is 9.88 Å². The number of ether oxygens (including phenoxy) is 1. The van der Waals surface area contributed by atoms with E-state index in [1.165, 1.54) is 12.3 Å². The Labute approximate surface area is 142 Å². The fourth-order valence-corrected chi connectivity index (χ4v) is 4.73. The number of hydrogen-bond donors (Lipinski definition) is 0. The van der Waals surface area contributed by atoms with E-state index in [0.717, 1.165) is 52.1 Å². The van der Waals surface area contributed by atoms with Crippen LogP contribution in [0.4, 0.5) is 0 Å². The predicted molar refractivity (Wildman–Crippen MR) is 89.7 cm³/mol. The van der Waals surface area contributed by atoms with Crippen LogP contribution in [0.15, 0.2) is 17.2 Å². The Kier molecular flexibility index (Phi) is 5.26. The van der Waals surface area contributed by atoms with Crippen LogP contribution in [0.5, 0.6) is 0 Å². The molecule has 1 aromatic rings. The number of halogens is 1. The molecule has 0 radical (unpaired) electrons. The lowest BCUT2D eigenvalue weighted by molar-refractivity contribution is 0.149. The van der Waals surface area contributed by atoms with E-state index < -0.39 is 9.84 Å². The van der Waals surface area contributed by atoms with E-state index in [2.05, 4.69) is 9.88 Å². The molecule has 23 heavy (non-hydrogen) atoms. The smallest absolute Gasteiger partial charge is 0.177 e. The fourth-order valence-electron chi connectivity index (χ4n) is 3.57. The Balaban J connectivity index is 1.78. The van der Waals surface area contributed by atoms with Crippen LogP contribution in [-0.4, -0.2) is 57.4 Å². The van der Waals surface area contributed by atoms with Crippen LogP contribution in [-0.2, 0) is 14.6 Å². The molecule has 0 spiro atoms. The number of nitrogens with zero attached hydrogens (tertiary/aromatic N) is 2. The van der Waals surface area contributed by atoms with Crippen LogP contribution in [0, 0.1) is 5.92 Å². The van der Waals surface area contributed by atoms with Gasteiger partial charge in [0.2, 0.25) is 0 Å². The molecule has 0 amide bonds. The molecule has 2 aliphatic rings. The van der Waals surface area contributed by atoms with Gasteiger partial charge in [-0.1, -0.05) is 11.6 Å². The minimum Gasteiger partial charge on any atom is -0.381 e. The summed E-state index contributed by atoms with van der Waals surface area (Å²) in [5.74, 6) is 0.745. The molecule has 2 saturated heterocycles. The lowest BCUT2D eigenvalue weighted by Crippen LogP contribution is -2.38. The molecule has 7 heteroatoms. The number of hydrogen-bond acceptors (Lipinski definition) is 5. The average Bonchev–Trinajstić information content (AvgIpc) is 2.99. The monoisotopic (exact) mass is 358 g/mol. The molecule has 0 N–H and O–H groups in total. The zero-order chi connectivity index (χ0) is 16.4. The molecule has 0 aliphatic carbocycles. The number of rotatable bonds is 4. The fraction of sp³-hybridized carbons (Fsp3) is 0.688. The van der Waals surface area contributed by atoms with Crippen LogP contribution in [0.25, 0.3) is 0 Å². The van der Waals surface area contributed by atoms with Gasteiger partial charge in [0.05, 0.1) is 22.2 Å². The van der Waals surface area contributed by atoms with Crippen molar-refractivity contribution in [3.8, 4) is 0 Å². The second-order valence-electron chi connectivity index (χ2n) is 6.64. The molecular formula is C16H23ClN2O3S. The van der Waals surface area contributed by atoms with Crippen LogP contribution in [0.2, 0.25) is 5.02 Å². The maximum Gasteiger partial charge on any atom is 0.177 e. The van der Waals surface area contributed by atoms with Crippen molar-refractivity contribution in [2.24, 2.45) is 5.92 Å². The molecule has 5 nitrogen and oxygen atoms in total. The molecule has 3 heterocycles. The van der Waals surface area contributed by atoms with Gasteiger partial charge in [-0.15, -0.1) is 0 Å². The Hall–Kier alpha value is -0.690. The Morgan fingerprint density at radius 2 is 2.26 bits per heavy atom. The van der Waals surface area contributed by atoms with Gasteiger partial charge in [0, 0.05) is 38.1 Å². The highest BCUT2D eigenvalue weighted by Gasteiger charge is 2.29. The predicted octanol–water partition coefficient (Wildman–Crippen LogP) is 2.35. The molecule has 2 aliphatic heterocycles. The second-order valence-corrected chi connectivity index (χ2v) is 9.06. The second kappa shape index (κ2) is 7.05. The van der Waals surface area contributed by atoms with Crippen LogP contribution < -0.4 is 0 Å². The number of sulfone groups is 1. The SMILES string of the molecule is CS(=O)(=O)c1cc(Cl)cnc1[C@H]1CCCN(C[C@@H]2CCOC2)C1. The highest BCUT2D eigenvalue weighted by molar-refractivity contribution is 7.90. The van der Waals surface area contributed by atoms with E-state index in [1.807, 2.05) is 0 Å². The molecule has 128 valence electrons. The molecular weight excluding hydrogens is 336 g/mol. The van der Waals surface area contributed by atoms with Crippen molar-refractivity contribution >= 4 is 21.4 Å². The third-order valence-corrected chi connectivity index (χ3v) is 6.01. The van der Waals surface area contributed by atoms with Gasteiger partial charge in [-0.2, -0.15) is 0 Å². The van der Waals surface area contributed by atoms with Crippen molar-refractivity contribution in [3.05, 3.63) is 23.0 Å². The molecule has 2 atom stereocenters. The molecule has 0 aromatic carbocycles. The zero-order valence-corrected chi connectivity index (χ0v) is 14.9. The van der Waals surface area contributed by atoms with E-state index in [4.69, 9.17) is 16.3 Å². The van der Waals surface area contributed by atoms with Crippen molar-refractivity contribution in [2.75, 3.05) is 39.1 Å². The molecule has 1 aromatic heterocycles. The number of piperidine rings is 1. The molecule has 0 bridgehead atoms. The summed E-state index contributed by atoms with van der Waals surface area (Å²) in [5.41, 5.74) is 0.671. The van der Waals surface area contributed by atoms with Gasteiger partial charge in [0.1, 0.15) is 0 Å². The summed E-state index contributed by atoms with van der Waals surface area (Å²) in [6, 6.07) is 1.53. The third kappa shape index (κ3) is 4.24. The van der Waals surface area contributed by atoms with Crippen molar-refractivity contribution in [3.63, 3.8) is 0 Å². The van der Waals surface area contributed by atoms with E-state index in [1.54, 1.807) is 6.20 Å². The molecule has 3 rings (SSSR count). The first-order chi connectivity index (χ1) is 10.9. The lowest BCUT2D eigenvalue weighted by atomic mass is 9.93. The highest BCUT2D eigenvalue weighted by Crippen LogP contribution is 2.32. The summed E-state index contributed by atoms with van der Waals surface area (Å²) < 4.78 is 29.6.